The molecular formula is C15H13N3O2. The molecular weight excluding hydrogens is 254 g/mol. The van der Waals surface area contributed by atoms with Gasteiger partial charge in [-0.3, -0.25) is 0 Å². The Hall–Kier alpha value is -2.56. The Morgan fingerprint density at radius 2 is 2.05 bits per heavy atom. The summed E-state index contributed by atoms with van der Waals surface area (Å²) in [6.07, 6.45) is 3.52. The fraction of sp³-hybridized carbons (Fsp3) is 0.200. The summed E-state index contributed by atoms with van der Waals surface area (Å²) in [7, 11) is 0. The molecule has 4 rings (SSSR count). The SMILES string of the molecule is Cc1cc(-c2cccc3c2OCCO3)c2ncnn2c1. The van der Waals surface area contributed by atoms with Crippen LogP contribution in [-0.4, -0.2) is 27.8 Å². The van der Waals surface area contributed by atoms with Gasteiger partial charge in [-0.2, -0.15) is 5.10 Å². The number of pyridine rings is 1. The van der Waals surface area contributed by atoms with Gasteiger partial charge in [0, 0.05) is 17.3 Å². The molecule has 0 amide bonds. The summed E-state index contributed by atoms with van der Waals surface area (Å²) >= 11 is 0. The highest BCUT2D eigenvalue weighted by Crippen LogP contribution is 2.40. The van der Waals surface area contributed by atoms with Gasteiger partial charge >= 0.3 is 0 Å². The van der Waals surface area contributed by atoms with Crippen LogP contribution in [0.15, 0.2) is 36.8 Å². The van der Waals surface area contributed by atoms with E-state index in [1.54, 1.807) is 10.8 Å². The van der Waals surface area contributed by atoms with Crippen LogP contribution in [0.2, 0.25) is 0 Å². The van der Waals surface area contributed by atoms with Crippen molar-refractivity contribution in [2.45, 2.75) is 6.92 Å². The molecule has 0 bridgehead atoms. The summed E-state index contributed by atoms with van der Waals surface area (Å²) in [5, 5.41) is 4.21. The first-order valence-corrected chi connectivity index (χ1v) is 6.52. The third kappa shape index (κ3) is 1.63. The number of hydrogen-bond donors (Lipinski definition) is 0. The number of ether oxygens (including phenoxy) is 2. The van der Waals surface area contributed by atoms with Gasteiger partial charge < -0.3 is 9.47 Å². The van der Waals surface area contributed by atoms with Crippen LogP contribution in [-0.2, 0) is 0 Å². The van der Waals surface area contributed by atoms with Crippen LogP contribution in [0.1, 0.15) is 5.56 Å². The van der Waals surface area contributed by atoms with Crippen molar-refractivity contribution in [3.8, 4) is 22.6 Å². The average Bonchev–Trinajstić information content (AvgIpc) is 2.94. The van der Waals surface area contributed by atoms with Gasteiger partial charge in [-0.15, -0.1) is 0 Å². The van der Waals surface area contributed by atoms with E-state index in [2.05, 4.69) is 16.1 Å². The van der Waals surface area contributed by atoms with E-state index in [0.717, 1.165) is 33.8 Å². The fourth-order valence-corrected chi connectivity index (χ4v) is 2.54. The van der Waals surface area contributed by atoms with Crippen molar-refractivity contribution in [3.05, 3.63) is 42.4 Å². The minimum Gasteiger partial charge on any atom is -0.486 e. The Bertz CT molecular complexity index is 795. The first kappa shape index (κ1) is 11.3. The quantitative estimate of drug-likeness (QED) is 0.679. The molecule has 0 radical (unpaired) electrons. The summed E-state index contributed by atoms with van der Waals surface area (Å²) < 4.78 is 13.2. The molecule has 1 aliphatic rings. The Morgan fingerprint density at radius 1 is 1.15 bits per heavy atom. The smallest absolute Gasteiger partial charge is 0.169 e. The molecule has 1 aliphatic heterocycles. The van der Waals surface area contributed by atoms with Crippen LogP contribution in [0.3, 0.4) is 0 Å². The molecule has 0 saturated heterocycles. The third-order valence-corrected chi connectivity index (χ3v) is 3.37. The zero-order chi connectivity index (χ0) is 13.5. The van der Waals surface area contributed by atoms with Crippen LogP contribution in [0, 0.1) is 6.92 Å². The van der Waals surface area contributed by atoms with Crippen LogP contribution in [0.5, 0.6) is 11.5 Å². The monoisotopic (exact) mass is 267 g/mol. The first-order chi connectivity index (χ1) is 9.83. The number of fused-ring (bicyclic) bond motifs is 2. The molecule has 2 aromatic heterocycles. The standard InChI is InChI=1S/C15H13N3O2/c1-10-7-12(15-16-9-17-18(15)8-10)11-3-2-4-13-14(11)20-6-5-19-13/h2-4,7-9H,5-6H2,1H3. The van der Waals surface area contributed by atoms with Crippen molar-refractivity contribution in [2.75, 3.05) is 13.2 Å². The summed E-state index contributed by atoms with van der Waals surface area (Å²) in [6.45, 7) is 3.20. The highest BCUT2D eigenvalue weighted by molar-refractivity contribution is 5.83. The third-order valence-electron chi connectivity index (χ3n) is 3.37. The molecule has 0 atom stereocenters. The molecule has 3 heterocycles. The zero-order valence-electron chi connectivity index (χ0n) is 11.0. The molecule has 1 aromatic carbocycles. The molecule has 0 aliphatic carbocycles. The van der Waals surface area contributed by atoms with Crippen LogP contribution in [0.25, 0.3) is 16.8 Å². The number of para-hydroxylation sites is 1. The van der Waals surface area contributed by atoms with E-state index < -0.39 is 0 Å². The van der Waals surface area contributed by atoms with E-state index >= 15 is 0 Å². The Labute approximate surface area is 115 Å². The molecule has 5 nitrogen and oxygen atoms in total. The molecule has 20 heavy (non-hydrogen) atoms. The number of rotatable bonds is 1. The second-order valence-corrected chi connectivity index (χ2v) is 4.79. The summed E-state index contributed by atoms with van der Waals surface area (Å²) in [5.41, 5.74) is 3.93. The summed E-state index contributed by atoms with van der Waals surface area (Å²) in [4.78, 5) is 4.34. The van der Waals surface area contributed by atoms with Gasteiger partial charge in [0.1, 0.15) is 19.5 Å². The molecule has 0 N–H and O–H groups in total. The molecule has 0 unspecified atom stereocenters. The van der Waals surface area contributed by atoms with Crippen LogP contribution in [0.4, 0.5) is 0 Å². The number of benzene rings is 1. The molecule has 0 spiro atoms. The second-order valence-electron chi connectivity index (χ2n) is 4.79. The lowest BCUT2D eigenvalue weighted by atomic mass is 10.0. The lowest BCUT2D eigenvalue weighted by molar-refractivity contribution is 0.172. The van der Waals surface area contributed by atoms with Crippen molar-refractivity contribution in [2.24, 2.45) is 0 Å². The highest BCUT2D eigenvalue weighted by Gasteiger charge is 2.19. The van der Waals surface area contributed by atoms with Crippen molar-refractivity contribution in [1.29, 1.82) is 0 Å². The maximum absolute atomic E-state index is 5.79. The molecule has 3 aromatic rings. The van der Waals surface area contributed by atoms with Gasteiger partial charge in [-0.05, 0) is 24.6 Å². The van der Waals surface area contributed by atoms with E-state index in [4.69, 9.17) is 9.47 Å². The van der Waals surface area contributed by atoms with Crippen LogP contribution < -0.4 is 9.47 Å². The van der Waals surface area contributed by atoms with Gasteiger partial charge in [-0.1, -0.05) is 12.1 Å². The molecule has 0 saturated carbocycles. The van der Waals surface area contributed by atoms with Crippen molar-refractivity contribution in [1.82, 2.24) is 14.6 Å². The summed E-state index contributed by atoms with van der Waals surface area (Å²) in [5.74, 6) is 1.57. The van der Waals surface area contributed by atoms with E-state index in [1.807, 2.05) is 31.3 Å². The maximum atomic E-state index is 5.79. The highest BCUT2D eigenvalue weighted by atomic mass is 16.6. The number of aryl methyl sites for hydroxylation is 1. The molecule has 100 valence electrons. The topological polar surface area (TPSA) is 48.7 Å². The van der Waals surface area contributed by atoms with E-state index in [1.165, 1.54) is 0 Å². The minimum absolute atomic E-state index is 0.568. The number of nitrogens with zero attached hydrogens (tertiary/aromatic N) is 3. The Morgan fingerprint density at radius 3 is 3.00 bits per heavy atom. The van der Waals surface area contributed by atoms with Crippen molar-refractivity contribution < 1.29 is 9.47 Å². The van der Waals surface area contributed by atoms with Crippen molar-refractivity contribution >= 4 is 5.65 Å². The van der Waals surface area contributed by atoms with Gasteiger partial charge in [-0.25, -0.2) is 9.50 Å². The van der Waals surface area contributed by atoms with E-state index in [9.17, 15) is 0 Å². The second kappa shape index (κ2) is 4.23. The average molecular weight is 267 g/mol. The van der Waals surface area contributed by atoms with E-state index in [-0.39, 0.29) is 0 Å². The predicted octanol–water partition coefficient (Wildman–Crippen LogP) is 2.48. The Kier molecular flexibility index (Phi) is 2.39. The van der Waals surface area contributed by atoms with Gasteiger partial charge in [0.15, 0.2) is 17.1 Å². The summed E-state index contributed by atoms with van der Waals surface area (Å²) in [6, 6.07) is 8.02. The maximum Gasteiger partial charge on any atom is 0.169 e. The largest absolute Gasteiger partial charge is 0.486 e. The van der Waals surface area contributed by atoms with Crippen molar-refractivity contribution in [3.63, 3.8) is 0 Å². The van der Waals surface area contributed by atoms with Crippen LogP contribution >= 0.6 is 0 Å². The van der Waals surface area contributed by atoms with Gasteiger partial charge in [0.25, 0.3) is 0 Å². The number of aromatic nitrogens is 3. The normalized spacial score (nSPS) is 13.7. The number of hydrogen-bond acceptors (Lipinski definition) is 4. The zero-order valence-corrected chi connectivity index (χ0v) is 11.0. The lowest BCUT2D eigenvalue weighted by Crippen LogP contribution is -2.15. The van der Waals surface area contributed by atoms with Gasteiger partial charge in [0.05, 0.1) is 0 Å². The molecule has 5 heteroatoms. The van der Waals surface area contributed by atoms with E-state index in [0.29, 0.717) is 13.2 Å². The Balaban J connectivity index is 2.02. The predicted molar refractivity (Wildman–Crippen MR) is 74.2 cm³/mol. The molecule has 0 fully saturated rings. The van der Waals surface area contributed by atoms with Gasteiger partial charge in [0.2, 0.25) is 0 Å². The lowest BCUT2D eigenvalue weighted by Gasteiger charge is -2.21. The minimum atomic E-state index is 0.568. The fourth-order valence-electron chi connectivity index (χ4n) is 2.54. The first-order valence-electron chi connectivity index (χ1n) is 6.52.